The highest BCUT2D eigenvalue weighted by Crippen LogP contribution is 2.10. The highest BCUT2D eigenvalue weighted by atomic mass is 19.1. The number of hydrogen-bond donors (Lipinski definition) is 3. The van der Waals surface area contributed by atoms with Crippen LogP contribution >= 0.6 is 0 Å². The first-order valence-electron chi connectivity index (χ1n) is 8.77. The number of nitrogens with one attached hydrogen (secondary N) is 3. The molecule has 2 aromatic carbocycles. The Bertz CT molecular complexity index is 763. The number of halogens is 1. The van der Waals surface area contributed by atoms with Crippen LogP contribution in [0.2, 0.25) is 0 Å². The highest BCUT2D eigenvalue weighted by Gasteiger charge is 2.05. The molecule has 0 bridgehead atoms. The number of ether oxygens (including phenoxy) is 1. The first-order valence-corrected chi connectivity index (χ1v) is 8.77. The van der Waals surface area contributed by atoms with Gasteiger partial charge in [-0.1, -0.05) is 30.3 Å². The van der Waals surface area contributed by atoms with Gasteiger partial charge in [0.2, 0.25) is 5.91 Å². The topological polar surface area (TPSA) is 74.8 Å². The van der Waals surface area contributed by atoms with Gasteiger partial charge in [-0.05, 0) is 30.7 Å². The van der Waals surface area contributed by atoms with E-state index in [0.717, 1.165) is 11.3 Å². The van der Waals surface area contributed by atoms with Crippen molar-refractivity contribution in [3.8, 4) is 5.75 Å². The van der Waals surface area contributed by atoms with Gasteiger partial charge >= 0.3 is 0 Å². The van der Waals surface area contributed by atoms with Gasteiger partial charge in [0.25, 0.3) is 0 Å². The van der Waals surface area contributed by atoms with Crippen LogP contribution in [-0.2, 0) is 17.9 Å². The molecule has 0 fully saturated rings. The van der Waals surface area contributed by atoms with Crippen molar-refractivity contribution < 1.29 is 13.9 Å². The summed E-state index contributed by atoms with van der Waals surface area (Å²) in [4.78, 5) is 16.3. The molecule has 2 rings (SSSR count). The van der Waals surface area contributed by atoms with E-state index in [9.17, 15) is 9.18 Å². The van der Waals surface area contributed by atoms with Crippen molar-refractivity contribution in [2.24, 2.45) is 4.99 Å². The molecule has 1 amide bonds. The van der Waals surface area contributed by atoms with Gasteiger partial charge in [0.05, 0.1) is 20.2 Å². The Morgan fingerprint density at radius 3 is 2.48 bits per heavy atom. The minimum atomic E-state index is -0.297. The summed E-state index contributed by atoms with van der Waals surface area (Å²) in [6, 6.07) is 14.0. The largest absolute Gasteiger partial charge is 0.497 e. The predicted octanol–water partition coefficient (Wildman–Crippen LogP) is 2.21. The number of carbonyl (C=O) groups excluding carboxylic acids is 1. The molecule has 6 nitrogen and oxygen atoms in total. The third-order valence-electron chi connectivity index (χ3n) is 3.77. The van der Waals surface area contributed by atoms with Crippen LogP contribution in [0.15, 0.2) is 53.5 Å². The fourth-order valence-electron chi connectivity index (χ4n) is 2.30. The average molecular weight is 372 g/mol. The maximum absolute atomic E-state index is 13.7. The van der Waals surface area contributed by atoms with E-state index in [1.54, 1.807) is 25.3 Å². The second-order valence-corrected chi connectivity index (χ2v) is 5.76. The first-order chi connectivity index (χ1) is 13.1. The van der Waals surface area contributed by atoms with Gasteiger partial charge in [-0.2, -0.15) is 0 Å². The van der Waals surface area contributed by atoms with Gasteiger partial charge in [-0.3, -0.25) is 4.79 Å². The Labute approximate surface area is 158 Å². The number of nitrogens with zero attached hydrogens (tertiary/aromatic N) is 1. The molecule has 144 valence electrons. The lowest BCUT2D eigenvalue weighted by molar-refractivity contribution is -0.120. The van der Waals surface area contributed by atoms with E-state index in [0.29, 0.717) is 24.6 Å². The highest BCUT2D eigenvalue weighted by molar-refractivity contribution is 5.86. The van der Waals surface area contributed by atoms with Gasteiger partial charge in [0.15, 0.2) is 5.96 Å². The van der Waals surface area contributed by atoms with Crippen molar-refractivity contribution in [1.29, 1.82) is 0 Å². The molecule has 0 aliphatic heterocycles. The lowest BCUT2D eigenvalue weighted by Gasteiger charge is -2.12. The zero-order valence-corrected chi connectivity index (χ0v) is 15.6. The first kappa shape index (κ1) is 20.2. The number of aliphatic imine (C=N–C) groups is 1. The van der Waals surface area contributed by atoms with Crippen LogP contribution in [0.5, 0.6) is 5.75 Å². The van der Waals surface area contributed by atoms with Crippen molar-refractivity contribution in [2.75, 3.05) is 20.2 Å². The van der Waals surface area contributed by atoms with E-state index >= 15 is 0 Å². The minimum absolute atomic E-state index is 0.0687. The van der Waals surface area contributed by atoms with Gasteiger partial charge in [0, 0.05) is 18.7 Å². The monoisotopic (exact) mass is 372 g/mol. The normalized spacial score (nSPS) is 11.0. The molecule has 0 atom stereocenters. The van der Waals surface area contributed by atoms with Crippen LogP contribution < -0.4 is 20.7 Å². The molecule has 0 aromatic heterocycles. The van der Waals surface area contributed by atoms with Crippen LogP contribution in [0.4, 0.5) is 4.39 Å². The Morgan fingerprint density at radius 1 is 1.07 bits per heavy atom. The van der Waals surface area contributed by atoms with Gasteiger partial charge < -0.3 is 20.7 Å². The molecule has 0 saturated heterocycles. The van der Waals surface area contributed by atoms with E-state index in [1.807, 2.05) is 31.2 Å². The molecule has 7 heteroatoms. The molecule has 0 saturated carbocycles. The van der Waals surface area contributed by atoms with Crippen molar-refractivity contribution in [2.45, 2.75) is 20.0 Å². The fourth-order valence-corrected chi connectivity index (χ4v) is 2.30. The quantitative estimate of drug-likeness (QED) is 0.491. The van der Waals surface area contributed by atoms with E-state index in [2.05, 4.69) is 20.9 Å². The third kappa shape index (κ3) is 6.97. The molecule has 0 aliphatic carbocycles. The summed E-state index contributed by atoms with van der Waals surface area (Å²) in [5, 5.41) is 8.82. The van der Waals surface area contributed by atoms with Crippen molar-refractivity contribution in [1.82, 2.24) is 16.0 Å². The van der Waals surface area contributed by atoms with Gasteiger partial charge in [-0.15, -0.1) is 0 Å². The van der Waals surface area contributed by atoms with Crippen LogP contribution in [-0.4, -0.2) is 32.1 Å². The number of benzene rings is 2. The molecular weight excluding hydrogens is 347 g/mol. The summed E-state index contributed by atoms with van der Waals surface area (Å²) in [6.07, 6.45) is 0. The molecule has 0 unspecified atom stereocenters. The van der Waals surface area contributed by atoms with Gasteiger partial charge in [0.1, 0.15) is 11.6 Å². The van der Waals surface area contributed by atoms with E-state index in [1.165, 1.54) is 6.07 Å². The number of hydrogen-bond acceptors (Lipinski definition) is 3. The van der Waals surface area contributed by atoms with E-state index < -0.39 is 0 Å². The molecular formula is C20H25FN4O2. The van der Waals surface area contributed by atoms with Crippen LogP contribution in [0.3, 0.4) is 0 Å². The third-order valence-corrected chi connectivity index (χ3v) is 3.77. The minimum Gasteiger partial charge on any atom is -0.497 e. The molecule has 0 aliphatic rings. The van der Waals surface area contributed by atoms with Crippen LogP contribution in [0.1, 0.15) is 18.1 Å². The number of amides is 1. The average Bonchev–Trinajstić information content (AvgIpc) is 2.70. The summed E-state index contributed by atoms with van der Waals surface area (Å²) in [7, 11) is 1.61. The Hall–Kier alpha value is -3.09. The molecule has 2 aromatic rings. The maximum atomic E-state index is 13.7. The van der Waals surface area contributed by atoms with Crippen molar-refractivity contribution in [3.63, 3.8) is 0 Å². The fraction of sp³-hybridized carbons (Fsp3) is 0.300. The Morgan fingerprint density at radius 2 is 1.81 bits per heavy atom. The molecule has 0 heterocycles. The number of guanidine groups is 1. The molecule has 27 heavy (non-hydrogen) atoms. The number of carbonyl (C=O) groups is 1. The Kier molecular flexibility index (Phi) is 8.09. The summed E-state index contributed by atoms with van der Waals surface area (Å²) in [6.45, 7) is 3.24. The van der Waals surface area contributed by atoms with Crippen LogP contribution in [0.25, 0.3) is 0 Å². The van der Waals surface area contributed by atoms with E-state index in [4.69, 9.17) is 4.74 Å². The van der Waals surface area contributed by atoms with Crippen molar-refractivity contribution in [3.05, 3.63) is 65.5 Å². The second kappa shape index (κ2) is 10.8. The number of methoxy groups -OCH3 is 1. The zero-order chi connectivity index (χ0) is 19.5. The summed E-state index contributed by atoms with van der Waals surface area (Å²) in [5.74, 6) is 0.769. The lowest BCUT2D eigenvalue weighted by atomic mass is 10.2. The molecule has 0 radical (unpaired) electrons. The SMILES string of the molecule is CCNC(=NCc1ccccc1F)NCC(=O)NCc1ccc(OC)cc1. The predicted molar refractivity (Wildman–Crippen MR) is 104 cm³/mol. The van der Waals surface area contributed by atoms with Crippen molar-refractivity contribution >= 4 is 11.9 Å². The van der Waals surface area contributed by atoms with E-state index in [-0.39, 0.29) is 24.8 Å². The maximum Gasteiger partial charge on any atom is 0.239 e. The van der Waals surface area contributed by atoms with Crippen LogP contribution in [0, 0.1) is 5.82 Å². The Balaban J connectivity index is 1.82. The smallest absolute Gasteiger partial charge is 0.239 e. The zero-order valence-electron chi connectivity index (χ0n) is 15.6. The summed E-state index contributed by atoms with van der Waals surface area (Å²) < 4.78 is 18.8. The summed E-state index contributed by atoms with van der Waals surface area (Å²) in [5.41, 5.74) is 1.47. The summed E-state index contributed by atoms with van der Waals surface area (Å²) >= 11 is 0. The number of rotatable bonds is 8. The van der Waals surface area contributed by atoms with Gasteiger partial charge in [-0.25, -0.2) is 9.38 Å². The molecule has 3 N–H and O–H groups in total. The second-order valence-electron chi connectivity index (χ2n) is 5.76. The standard InChI is InChI=1S/C20H25FN4O2/c1-3-22-20(24-13-16-6-4-5-7-18(16)21)25-14-19(26)23-12-15-8-10-17(27-2)11-9-15/h4-11H,3,12-14H2,1-2H3,(H,23,26)(H2,22,24,25). The lowest BCUT2D eigenvalue weighted by Crippen LogP contribution is -2.43. The molecule has 0 spiro atoms.